The van der Waals surface area contributed by atoms with Crippen molar-refractivity contribution in [3.05, 3.63) is 46.6 Å². The Kier molecular flexibility index (Phi) is 6.96. The second-order valence-corrected chi connectivity index (χ2v) is 8.51. The molecule has 156 valence electrons. The fourth-order valence-electron chi connectivity index (χ4n) is 3.75. The number of halogens is 1. The molecule has 6 nitrogen and oxygen atoms in total. The van der Waals surface area contributed by atoms with E-state index < -0.39 is 0 Å². The first-order valence-corrected chi connectivity index (χ1v) is 10.5. The Morgan fingerprint density at radius 3 is 2.38 bits per heavy atom. The van der Waals surface area contributed by atoms with Crippen LogP contribution in [-0.2, 0) is 4.79 Å². The van der Waals surface area contributed by atoms with E-state index in [2.05, 4.69) is 20.6 Å². The van der Waals surface area contributed by atoms with Crippen LogP contribution >= 0.6 is 11.6 Å². The summed E-state index contributed by atoms with van der Waals surface area (Å²) in [6.45, 7) is 3.95. The van der Waals surface area contributed by atoms with Crippen molar-refractivity contribution in [2.45, 2.75) is 57.5 Å². The third-order valence-corrected chi connectivity index (χ3v) is 5.79. The summed E-state index contributed by atoms with van der Waals surface area (Å²) in [5.74, 6) is 1.48. The van der Waals surface area contributed by atoms with Gasteiger partial charge in [0, 0.05) is 43.0 Å². The average molecular weight is 416 g/mol. The van der Waals surface area contributed by atoms with Gasteiger partial charge >= 0.3 is 0 Å². The zero-order chi connectivity index (χ0) is 21.0. The molecule has 0 spiro atoms. The van der Waals surface area contributed by atoms with Gasteiger partial charge in [-0.2, -0.15) is 4.98 Å². The van der Waals surface area contributed by atoms with Crippen LogP contribution in [0.15, 0.2) is 30.5 Å². The van der Waals surface area contributed by atoms with Crippen molar-refractivity contribution in [2.75, 3.05) is 24.3 Å². The molecule has 29 heavy (non-hydrogen) atoms. The maximum atomic E-state index is 12.6. The molecule has 2 N–H and O–H groups in total. The van der Waals surface area contributed by atoms with Crippen LogP contribution in [0.25, 0.3) is 0 Å². The molecular formula is C22H30ClN5O. The lowest BCUT2D eigenvalue weighted by atomic mass is 9.90. The smallest absolute Gasteiger partial charge is 0.227 e. The highest BCUT2D eigenvalue weighted by Gasteiger charge is 2.25. The fraction of sp³-hybridized carbons (Fsp3) is 0.500. The van der Waals surface area contributed by atoms with Crippen LogP contribution in [0.3, 0.4) is 0 Å². The summed E-state index contributed by atoms with van der Waals surface area (Å²) in [4.78, 5) is 23.7. The van der Waals surface area contributed by atoms with Crippen molar-refractivity contribution in [1.29, 1.82) is 0 Å². The molecule has 3 rings (SSSR count). The highest BCUT2D eigenvalue weighted by atomic mass is 35.5. The molecule has 1 saturated carbocycles. The molecule has 0 bridgehead atoms. The van der Waals surface area contributed by atoms with E-state index in [1.54, 1.807) is 0 Å². The molecule has 1 aliphatic rings. The van der Waals surface area contributed by atoms with Gasteiger partial charge in [-0.05, 0) is 57.2 Å². The summed E-state index contributed by atoms with van der Waals surface area (Å²) in [5.41, 5.74) is 2.04. The number of hydrogen-bond acceptors (Lipinski definition) is 5. The molecule has 1 amide bonds. The lowest BCUT2D eigenvalue weighted by Crippen LogP contribution is -2.41. The number of rotatable bonds is 6. The molecule has 1 aromatic heterocycles. The number of amides is 1. The largest absolute Gasteiger partial charge is 0.362 e. The van der Waals surface area contributed by atoms with Gasteiger partial charge in [0.25, 0.3) is 0 Å². The highest BCUT2D eigenvalue weighted by molar-refractivity contribution is 6.30. The van der Waals surface area contributed by atoms with Gasteiger partial charge in [0.2, 0.25) is 11.9 Å². The Hall–Kier alpha value is -2.34. The Morgan fingerprint density at radius 2 is 1.76 bits per heavy atom. The summed E-state index contributed by atoms with van der Waals surface area (Å²) in [6.07, 6.45) is 5.71. The Bertz CT molecular complexity index is 832. The standard InChI is InChI=1S/C22H30ClN5O/c1-14-13-24-22(27-20(14)28(3)4)26-19-11-9-18(10-12-19)25-21(29)15(2)16-5-7-17(23)8-6-16/h5-8,13,15,18-19H,9-12H2,1-4H3,(H,25,29)(H,24,26,27). The van der Waals surface area contributed by atoms with Crippen LogP contribution in [0.5, 0.6) is 0 Å². The predicted molar refractivity (Wildman–Crippen MR) is 119 cm³/mol. The van der Waals surface area contributed by atoms with Crippen molar-refractivity contribution in [1.82, 2.24) is 15.3 Å². The molecular weight excluding hydrogens is 386 g/mol. The lowest BCUT2D eigenvalue weighted by molar-refractivity contribution is -0.123. The van der Waals surface area contributed by atoms with E-state index in [1.807, 2.05) is 63.3 Å². The Morgan fingerprint density at radius 1 is 1.14 bits per heavy atom. The van der Waals surface area contributed by atoms with Crippen molar-refractivity contribution in [2.24, 2.45) is 0 Å². The minimum absolute atomic E-state index is 0.0706. The minimum Gasteiger partial charge on any atom is -0.362 e. The number of hydrogen-bond donors (Lipinski definition) is 2. The molecule has 2 aromatic rings. The van der Waals surface area contributed by atoms with E-state index in [9.17, 15) is 4.79 Å². The van der Waals surface area contributed by atoms with E-state index in [0.717, 1.165) is 42.6 Å². The second-order valence-electron chi connectivity index (χ2n) is 8.07. The number of aryl methyl sites for hydroxylation is 1. The van der Waals surface area contributed by atoms with E-state index in [4.69, 9.17) is 11.6 Å². The van der Waals surface area contributed by atoms with E-state index in [1.165, 1.54) is 0 Å². The maximum Gasteiger partial charge on any atom is 0.227 e. The summed E-state index contributed by atoms with van der Waals surface area (Å²) < 4.78 is 0. The van der Waals surface area contributed by atoms with Gasteiger partial charge in [0.05, 0.1) is 5.92 Å². The van der Waals surface area contributed by atoms with Gasteiger partial charge in [-0.1, -0.05) is 23.7 Å². The van der Waals surface area contributed by atoms with Crippen LogP contribution in [0.2, 0.25) is 5.02 Å². The van der Waals surface area contributed by atoms with Gasteiger partial charge in [-0.25, -0.2) is 4.98 Å². The number of benzene rings is 1. The first-order chi connectivity index (χ1) is 13.8. The molecule has 7 heteroatoms. The molecule has 0 saturated heterocycles. The zero-order valence-corrected chi connectivity index (χ0v) is 18.3. The van der Waals surface area contributed by atoms with Gasteiger partial charge in [-0.15, -0.1) is 0 Å². The topological polar surface area (TPSA) is 70.1 Å². The van der Waals surface area contributed by atoms with E-state index in [-0.39, 0.29) is 17.9 Å². The Balaban J connectivity index is 1.49. The minimum atomic E-state index is -0.187. The summed E-state index contributed by atoms with van der Waals surface area (Å²) in [6, 6.07) is 8.02. The lowest BCUT2D eigenvalue weighted by Gasteiger charge is -2.30. The third-order valence-electron chi connectivity index (χ3n) is 5.54. The van der Waals surface area contributed by atoms with Gasteiger partial charge in [0.15, 0.2) is 0 Å². The molecule has 1 aliphatic carbocycles. The van der Waals surface area contributed by atoms with Gasteiger partial charge < -0.3 is 15.5 Å². The first-order valence-electron chi connectivity index (χ1n) is 10.2. The SMILES string of the molecule is Cc1cnc(NC2CCC(NC(=O)C(C)c3ccc(Cl)cc3)CC2)nc1N(C)C. The molecule has 0 aliphatic heterocycles. The number of carbonyl (C=O) groups is 1. The maximum absolute atomic E-state index is 12.6. The van der Waals surface area contributed by atoms with Crippen LogP contribution in [0.4, 0.5) is 11.8 Å². The molecule has 0 radical (unpaired) electrons. The van der Waals surface area contributed by atoms with Crippen LogP contribution in [-0.4, -0.2) is 42.1 Å². The predicted octanol–water partition coefficient (Wildman–Crippen LogP) is 4.15. The van der Waals surface area contributed by atoms with Crippen LogP contribution in [0.1, 0.15) is 49.7 Å². The third kappa shape index (κ3) is 5.60. The molecule has 1 atom stereocenters. The average Bonchev–Trinajstić information content (AvgIpc) is 2.70. The number of nitrogens with one attached hydrogen (secondary N) is 2. The normalized spacial score (nSPS) is 20.0. The van der Waals surface area contributed by atoms with Crippen molar-refractivity contribution >= 4 is 29.3 Å². The monoisotopic (exact) mass is 415 g/mol. The first kappa shape index (κ1) is 21.4. The summed E-state index contributed by atoms with van der Waals surface area (Å²) in [7, 11) is 3.97. The van der Waals surface area contributed by atoms with E-state index in [0.29, 0.717) is 17.0 Å². The second kappa shape index (κ2) is 9.44. The zero-order valence-electron chi connectivity index (χ0n) is 17.6. The van der Waals surface area contributed by atoms with Crippen LogP contribution < -0.4 is 15.5 Å². The van der Waals surface area contributed by atoms with Crippen LogP contribution in [0, 0.1) is 6.92 Å². The quantitative estimate of drug-likeness (QED) is 0.741. The Labute approximate surface area is 178 Å². The fourth-order valence-corrected chi connectivity index (χ4v) is 3.87. The number of aromatic nitrogens is 2. The van der Waals surface area contributed by atoms with Crippen molar-refractivity contribution < 1.29 is 4.79 Å². The number of anilines is 2. The van der Waals surface area contributed by atoms with Crippen molar-refractivity contribution in [3.8, 4) is 0 Å². The number of nitrogens with zero attached hydrogens (tertiary/aromatic N) is 3. The highest BCUT2D eigenvalue weighted by Crippen LogP contribution is 2.24. The summed E-state index contributed by atoms with van der Waals surface area (Å²) >= 11 is 5.94. The molecule has 1 fully saturated rings. The van der Waals surface area contributed by atoms with E-state index >= 15 is 0 Å². The molecule has 1 unspecified atom stereocenters. The molecule has 1 heterocycles. The van der Waals surface area contributed by atoms with Gasteiger partial charge in [0.1, 0.15) is 5.82 Å². The number of carbonyl (C=O) groups excluding carboxylic acids is 1. The molecule has 1 aromatic carbocycles. The van der Waals surface area contributed by atoms with Crippen molar-refractivity contribution in [3.63, 3.8) is 0 Å². The summed E-state index contributed by atoms with van der Waals surface area (Å²) in [5, 5.41) is 7.35. The van der Waals surface area contributed by atoms with Gasteiger partial charge in [-0.3, -0.25) is 4.79 Å².